The van der Waals surface area contributed by atoms with Crippen molar-refractivity contribution >= 4 is 44.6 Å². The van der Waals surface area contributed by atoms with Crippen LogP contribution >= 0.6 is 34.5 Å². The van der Waals surface area contributed by atoms with Crippen LogP contribution in [0.4, 0.5) is 0 Å². The molecule has 96 valence electrons. The van der Waals surface area contributed by atoms with Crippen LogP contribution < -0.4 is 0 Å². The smallest absolute Gasteiger partial charge is 0.206 e. The number of aryl methyl sites for hydroxylation is 1. The third-order valence-electron chi connectivity index (χ3n) is 2.90. The number of rotatable bonds is 3. The van der Waals surface area contributed by atoms with E-state index in [1.54, 1.807) is 6.07 Å². The van der Waals surface area contributed by atoms with Gasteiger partial charge in [-0.3, -0.25) is 0 Å². The lowest BCUT2D eigenvalue weighted by molar-refractivity contribution is 0.467. The van der Waals surface area contributed by atoms with Crippen LogP contribution in [0.25, 0.3) is 0 Å². The Kier molecular flexibility index (Phi) is 4.05. The maximum Gasteiger partial charge on any atom is 0.252 e. The van der Waals surface area contributed by atoms with Crippen LogP contribution in [0, 0.1) is 12.8 Å². The van der Waals surface area contributed by atoms with Gasteiger partial charge in [0.2, 0.25) is 0 Å². The Morgan fingerprint density at radius 1 is 1.59 bits per heavy atom. The molecule has 0 aliphatic carbocycles. The van der Waals surface area contributed by atoms with Gasteiger partial charge in [0.25, 0.3) is 10.0 Å². The van der Waals surface area contributed by atoms with Gasteiger partial charge in [-0.1, -0.05) is 11.6 Å². The largest absolute Gasteiger partial charge is 0.252 e. The molecule has 0 amide bonds. The summed E-state index contributed by atoms with van der Waals surface area (Å²) in [6.07, 6.45) is 0.834. The van der Waals surface area contributed by atoms with E-state index in [1.807, 2.05) is 6.92 Å². The van der Waals surface area contributed by atoms with Crippen LogP contribution in [0.15, 0.2) is 10.3 Å². The molecule has 2 heterocycles. The summed E-state index contributed by atoms with van der Waals surface area (Å²) in [5.74, 6) is 0.777. The molecule has 0 saturated carbocycles. The molecule has 0 N–H and O–H groups in total. The van der Waals surface area contributed by atoms with E-state index in [1.165, 1.54) is 4.31 Å². The highest BCUT2D eigenvalue weighted by Gasteiger charge is 2.33. The quantitative estimate of drug-likeness (QED) is 0.805. The summed E-state index contributed by atoms with van der Waals surface area (Å²) in [5.41, 5.74) is 0.809. The first-order chi connectivity index (χ1) is 7.95. The summed E-state index contributed by atoms with van der Waals surface area (Å²) in [5, 5.41) is 0. The Bertz CT molecular complexity index is 493. The predicted molar refractivity (Wildman–Crippen MR) is 71.7 cm³/mol. The molecule has 1 aliphatic heterocycles. The molecule has 3 nitrogen and oxygen atoms in total. The van der Waals surface area contributed by atoms with Gasteiger partial charge >= 0.3 is 0 Å². The Balaban J connectivity index is 2.25. The van der Waals surface area contributed by atoms with E-state index in [0.717, 1.165) is 23.3 Å². The fourth-order valence-corrected chi connectivity index (χ4v) is 5.47. The van der Waals surface area contributed by atoms with Gasteiger partial charge in [-0.25, -0.2) is 8.42 Å². The number of halogens is 2. The van der Waals surface area contributed by atoms with Crippen molar-refractivity contribution in [1.29, 1.82) is 0 Å². The van der Waals surface area contributed by atoms with Crippen molar-refractivity contribution in [3.63, 3.8) is 0 Å². The van der Waals surface area contributed by atoms with Gasteiger partial charge in [-0.05, 0) is 30.9 Å². The van der Waals surface area contributed by atoms with Gasteiger partial charge < -0.3 is 0 Å². The SMILES string of the molecule is Cc1cc(S(=O)(=O)N2CCC(CCl)C2)sc1Cl. The van der Waals surface area contributed by atoms with Gasteiger partial charge in [-0.15, -0.1) is 22.9 Å². The molecule has 1 atom stereocenters. The first kappa shape index (κ1) is 13.6. The van der Waals surface area contributed by atoms with E-state index in [2.05, 4.69) is 0 Å². The molecule has 1 unspecified atom stereocenters. The molecule has 1 fully saturated rings. The van der Waals surface area contributed by atoms with E-state index >= 15 is 0 Å². The van der Waals surface area contributed by atoms with Crippen LogP contribution in [-0.4, -0.2) is 31.7 Å². The first-order valence-corrected chi connectivity index (χ1v) is 8.44. The Labute approximate surface area is 115 Å². The second-order valence-electron chi connectivity index (χ2n) is 4.19. The normalized spacial score (nSPS) is 22.2. The van der Waals surface area contributed by atoms with Gasteiger partial charge in [0, 0.05) is 19.0 Å². The average molecular weight is 314 g/mol. The van der Waals surface area contributed by atoms with Crippen LogP contribution in [0.5, 0.6) is 0 Å². The summed E-state index contributed by atoms with van der Waals surface area (Å²) < 4.78 is 27.0. The summed E-state index contributed by atoms with van der Waals surface area (Å²) in [6, 6.07) is 1.64. The molecule has 0 bridgehead atoms. The standard InChI is InChI=1S/C10H13Cl2NO2S2/c1-7-4-9(16-10(7)12)17(14,15)13-3-2-8(5-11)6-13/h4,8H,2-3,5-6H2,1H3. The third-order valence-corrected chi connectivity index (χ3v) is 7.20. The van der Waals surface area contributed by atoms with E-state index in [9.17, 15) is 8.42 Å². The summed E-state index contributed by atoms with van der Waals surface area (Å²) in [7, 11) is -3.37. The maximum absolute atomic E-state index is 12.3. The molecular formula is C10H13Cl2NO2S2. The van der Waals surface area contributed by atoms with Gasteiger partial charge in [0.05, 0.1) is 4.34 Å². The van der Waals surface area contributed by atoms with Crippen molar-refractivity contribution in [1.82, 2.24) is 4.31 Å². The topological polar surface area (TPSA) is 37.4 Å². The van der Waals surface area contributed by atoms with Crippen molar-refractivity contribution in [2.45, 2.75) is 17.6 Å². The van der Waals surface area contributed by atoms with E-state index < -0.39 is 10.0 Å². The van der Waals surface area contributed by atoms with E-state index in [0.29, 0.717) is 27.5 Å². The fourth-order valence-electron chi connectivity index (χ4n) is 1.83. The number of hydrogen-bond donors (Lipinski definition) is 0. The summed E-state index contributed by atoms with van der Waals surface area (Å²) in [4.78, 5) is 0. The molecule has 0 radical (unpaired) electrons. The van der Waals surface area contributed by atoms with E-state index in [-0.39, 0.29) is 5.92 Å². The molecule has 0 spiro atoms. The van der Waals surface area contributed by atoms with Gasteiger partial charge in [-0.2, -0.15) is 4.31 Å². The Hall–Kier alpha value is 0.190. The monoisotopic (exact) mass is 313 g/mol. The second kappa shape index (κ2) is 5.05. The lowest BCUT2D eigenvalue weighted by Crippen LogP contribution is -2.28. The predicted octanol–water partition coefficient (Wildman–Crippen LogP) is 2.96. The van der Waals surface area contributed by atoms with E-state index in [4.69, 9.17) is 23.2 Å². The average Bonchev–Trinajstić information content (AvgIpc) is 2.87. The number of sulfonamides is 1. The van der Waals surface area contributed by atoms with Crippen LogP contribution in [-0.2, 0) is 10.0 Å². The highest BCUT2D eigenvalue weighted by Crippen LogP contribution is 2.33. The molecule has 0 aromatic carbocycles. The molecule has 2 rings (SSSR count). The number of thiophene rings is 1. The van der Waals surface area contributed by atoms with Gasteiger partial charge in [0.1, 0.15) is 4.21 Å². The minimum atomic E-state index is -3.37. The van der Waals surface area contributed by atoms with Crippen molar-refractivity contribution in [3.05, 3.63) is 16.0 Å². The zero-order valence-corrected chi connectivity index (χ0v) is 12.5. The van der Waals surface area contributed by atoms with Crippen LogP contribution in [0.1, 0.15) is 12.0 Å². The zero-order valence-electron chi connectivity index (χ0n) is 9.32. The van der Waals surface area contributed by atoms with Crippen molar-refractivity contribution in [2.75, 3.05) is 19.0 Å². The van der Waals surface area contributed by atoms with Crippen molar-refractivity contribution in [2.24, 2.45) is 5.92 Å². The van der Waals surface area contributed by atoms with Crippen molar-refractivity contribution in [3.8, 4) is 0 Å². The molecule has 1 aromatic rings. The molecule has 1 aliphatic rings. The fraction of sp³-hybridized carbons (Fsp3) is 0.600. The summed E-state index contributed by atoms with van der Waals surface area (Å²) in [6.45, 7) is 2.87. The third kappa shape index (κ3) is 2.63. The Morgan fingerprint density at radius 2 is 2.29 bits per heavy atom. The lowest BCUT2D eigenvalue weighted by atomic mass is 10.2. The molecule has 7 heteroatoms. The minimum absolute atomic E-state index is 0.267. The number of nitrogens with zero attached hydrogens (tertiary/aromatic N) is 1. The second-order valence-corrected chi connectivity index (χ2v) is 8.32. The lowest BCUT2D eigenvalue weighted by Gasteiger charge is -2.14. The number of alkyl halides is 1. The molecule has 1 aromatic heterocycles. The van der Waals surface area contributed by atoms with Crippen LogP contribution in [0.2, 0.25) is 4.34 Å². The maximum atomic E-state index is 12.3. The minimum Gasteiger partial charge on any atom is -0.206 e. The molecular weight excluding hydrogens is 301 g/mol. The first-order valence-electron chi connectivity index (χ1n) is 5.27. The molecule has 1 saturated heterocycles. The highest BCUT2D eigenvalue weighted by atomic mass is 35.5. The Morgan fingerprint density at radius 3 is 2.76 bits per heavy atom. The molecule has 17 heavy (non-hydrogen) atoms. The zero-order chi connectivity index (χ0) is 12.6. The van der Waals surface area contributed by atoms with Gasteiger partial charge in [0.15, 0.2) is 0 Å². The summed E-state index contributed by atoms with van der Waals surface area (Å²) >= 11 is 12.8. The van der Waals surface area contributed by atoms with Crippen molar-refractivity contribution < 1.29 is 8.42 Å². The number of hydrogen-bond acceptors (Lipinski definition) is 3. The van der Waals surface area contributed by atoms with Crippen LogP contribution in [0.3, 0.4) is 0 Å². The highest BCUT2D eigenvalue weighted by molar-refractivity contribution is 7.91.